The van der Waals surface area contributed by atoms with Crippen LogP contribution in [0.3, 0.4) is 0 Å². The average molecular weight is 468 g/mol. The van der Waals surface area contributed by atoms with Crippen LogP contribution in [0.4, 0.5) is 20.9 Å². The number of thiazole rings is 1. The van der Waals surface area contributed by atoms with Crippen LogP contribution < -0.4 is 10.0 Å². The summed E-state index contributed by atoms with van der Waals surface area (Å²) in [5.41, 5.74) is 2.47. The minimum atomic E-state index is -4.05. The number of hydrogen-bond acceptors (Lipinski definition) is 6. The van der Waals surface area contributed by atoms with Crippen molar-refractivity contribution in [3.63, 3.8) is 0 Å². The van der Waals surface area contributed by atoms with Gasteiger partial charge in [-0.15, -0.1) is 0 Å². The van der Waals surface area contributed by atoms with E-state index in [1.165, 1.54) is 35.7 Å². The fourth-order valence-corrected chi connectivity index (χ4v) is 4.94. The SMILES string of the molecule is Cc1ccccc1C(=O)c1cnc(Nc2ccc(NS(=O)(=O)c3ccccc3F)cc2)s1. The van der Waals surface area contributed by atoms with Gasteiger partial charge in [0.05, 0.1) is 11.1 Å². The van der Waals surface area contributed by atoms with Gasteiger partial charge in [-0.05, 0) is 48.9 Å². The summed E-state index contributed by atoms with van der Waals surface area (Å²) in [5.74, 6) is -0.912. The summed E-state index contributed by atoms with van der Waals surface area (Å²) in [6.45, 7) is 1.88. The number of nitrogens with zero attached hydrogens (tertiary/aromatic N) is 1. The van der Waals surface area contributed by atoms with Gasteiger partial charge in [-0.1, -0.05) is 47.7 Å². The van der Waals surface area contributed by atoms with Crippen molar-refractivity contribution in [2.75, 3.05) is 10.0 Å². The summed E-state index contributed by atoms with van der Waals surface area (Å²) in [6, 6.07) is 19.0. The molecule has 0 amide bonds. The summed E-state index contributed by atoms with van der Waals surface area (Å²) < 4.78 is 41.0. The number of anilines is 3. The largest absolute Gasteiger partial charge is 0.332 e. The number of aromatic nitrogens is 1. The number of carbonyl (C=O) groups is 1. The zero-order valence-corrected chi connectivity index (χ0v) is 18.5. The van der Waals surface area contributed by atoms with Crippen molar-refractivity contribution < 1.29 is 17.6 Å². The molecule has 32 heavy (non-hydrogen) atoms. The molecule has 0 aliphatic rings. The van der Waals surface area contributed by atoms with Gasteiger partial charge in [0.15, 0.2) is 5.13 Å². The molecule has 0 radical (unpaired) electrons. The van der Waals surface area contributed by atoms with Crippen LogP contribution in [0.5, 0.6) is 0 Å². The molecule has 162 valence electrons. The van der Waals surface area contributed by atoms with Crippen molar-refractivity contribution in [3.8, 4) is 0 Å². The first-order valence-corrected chi connectivity index (χ1v) is 11.8. The standard InChI is InChI=1S/C23H18FN3O3S2/c1-15-6-2-3-7-18(15)22(28)20-14-25-23(31-20)26-16-10-12-17(13-11-16)27-32(29,30)21-9-5-4-8-19(21)24/h2-14,27H,1H3,(H,25,26). The van der Waals surface area contributed by atoms with E-state index in [4.69, 9.17) is 0 Å². The molecule has 0 atom stereocenters. The van der Waals surface area contributed by atoms with E-state index in [2.05, 4.69) is 15.0 Å². The third kappa shape index (κ3) is 4.68. The quantitative estimate of drug-likeness (QED) is 0.357. The molecule has 1 aromatic heterocycles. The number of carbonyl (C=O) groups excluding carboxylic acids is 1. The van der Waals surface area contributed by atoms with Crippen molar-refractivity contribution in [2.45, 2.75) is 11.8 Å². The summed E-state index contributed by atoms with van der Waals surface area (Å²) in [6.07, 6.45) is 1.53. The molecule has 2 N–H and O–H groups in total. The van der Waals surface area contributed by atoms with Gasteiger partial charge in [-0.25, -0.2) is 17.8 Å². The molecule has 0 fully saturated rings. The number of halogens is 1. The molecule has 6 nitrogen and oxygen atoms in total. The van der Waals surface area contributed by atoms with Crippen molar-refractivity contribution in [1.29, 1.82) is 0 Å². The molecule has 3 aromatic carbocycles. The fraction of sp³-hybridized carbons (Fsp3) is 0.0435. The number of nitrogens with one attached hydrogen (secondary N) is 2. The first-order valence-electron chi connectivity index (χ1n) is 9.54. The zero-order chi connectivity index (χ0) is 22.7. The van der Waals surface area contributed by atoms with Gasteiger partial charge >= 0.3 is 0 Å². The lowest BCUT2D eigenvalue weighted by atomic mass is 10.0. The van der Waals surface area contributed by atoms with Crippen LogP contribution in [0, 0.1) is 12.7 Å². The Morgan fingerprint density at radius 2 is 1.59 bits per heavy atom. The van der Waals surface area contributed by atoms with Gasteiger partial charge < -0.3 is 5.32 Å². The van der Waals surface area contributed by atoms with E-state index in [1.807, 2.05) is 25.1 Å². The van der Waals surface area contributed by atoms with Crippen LogP contribution in [0.25, 0.3) is 0 Å². The van der Waals surface area contributed by atoms with Crippen LogP contribution in [-0.4, -0.2) is 19.2 Å². The van der Waals surface area contributed by atoms with E-state index in [0.29, 0.717) is 21.3 Å². The molecule has 0 saturated heterocycles. The van der Waals surface area contributed by atoms with E-state index in [0.717, 1.165) is 11.6 Å². The predicted molar refractivity (Wildman–Crippen MR) is 124 cm³/mol. The Bertz CT molecular complexity index is 1380. The first-order chi connectivity index (χ1) is 15.3. The Morgan fingerprint density at radius 3 is 2.31 bits per heavy atom. The van der Waals surface area contributed by atoms with E-state index in [-0.39, 0.29) is 11.5 Å². The van der Waals surface area contributed by atoms with E-state index in [1.54, 1.807) is 30.3 Å². The topological polar surface area (TPSA) is 88.2 Å². The number of rotatable bonds is 7. The maximum Gasteiger partial charge on any atom is 0.264 e. The maximum absolute atomic E-state index is 13.8. The minimum absolute atomic E-state index is 0.0912. The highest BCUT2D eigenvalue weighted by atomic mass is 32.2. The molecule has 1 heterocycles. The van der Waals surface area contributed by atoms with E-state index < -0.39 is 20.7 Å². The lowest BCUT2D eigenvalue weighted by Crippen LogP contribution is -2.14. The summed E-state index contributed by atoms with van der Waals surface area (Å²) in [4.78, 5) is 17.0. The van der Waals surface area contributed by atoms with Gasteiger partial charge in [-0.2, -0.15) is 0 Å². The molecule has 0 spiro atoms. The Kier molecular flexibility index (Phi) is 6.02. The number of hydrogen-bond donors (Lipinski definition) is 2. The normalized spacial score (nSPS) is 11.2. The molecule has 0 bridgehead atoms. The molecular formula is C23H18FN3O3S2. The highest BCUT2D eigenvalue weighted by Crippen LogP contribution is 2.27. The molecule has 0 aliphatic heterocycles. The third-order valence-corrected chi connectivity index (χ3v) is 6.96. The molecule has 9 heteroatoms. The molecule has 0 unspecified atom stereocenters. The molecule has 0 aliphatic carbocycles. The zero-order valence-electron chi connectivity index (χ0n) is 16.9. The van der Waals surface area contributed by atoms with Crippen molar-refractivity contribution in [3.05, 3.63) is 101 Å². The Hall–Kier alpha value is -3.56. The molecule has 4 aromatic rings. The Balaban J connectivity index is 1.45. The first kappa shape index (κ1) is 21.7. The average Bonchev–Trinajstić information content (AvgIpc) is 3.23. The molecule has 4 rings (SSSR count). The second-order valence-electron chi connectivity index (χ2n) is 6.91. The summed E-state index contributed by atoms with van der Waals surface area (Å²) in [7, 11) is -4.05. The maximum atomic E-state index is 13.8. The predicted octanol–water partition coefficient (Wildman–Crippen LogP) is 5.37. The Labute approximate surface area is 188 Å². The van der Waals surface area contributed by atoms with E-state index >= 15 is 0 Å². The fourth-order valence-electron chi connectivity index (χ4n) is 3.02. The number of benzene rings is 3. The highest BCUT2D eigenvalue weighted by Gasteiger charge is 2.19. The van der Waals surface area contributed by atoms with Crippen LogP contribution in [0.2, 0.25) is 0 Å². The van der Waals surface area contributed by atoms with Crippen molar-refractivity contribution in [1.82, 2.24) is 4.98 Å². The third-order valence-electron chi connectivity index (χ3n) is 4.63. The van der Waals surface area contributed by atoms with Gasteiger partial charge in [0.2, 0.25) is 5.78 Å². The number of sulfonamides is 1. The second kappa shape index (κ2) is 8.89. The van der Waals surface area contributed by atoms with Gasteiger partial charge in [0.25, 0.3) is 10.0 Å². The number of ketones is 1. The highest BCUT2D eigenvalue weighted by molar-refractivity contribution is 7.92. The summed E-state index contributed by atoms with van der Waals surface area (Å²) in [5, 5.41) is 3.62. The lowest BCUT2D eigenvalue weighted by molar-refractivity contribution is 0.104. The second-order valence-corrected chi connectivity index (χ2v) is 9.59. The van der Waals surface area contributed by atoms with Crippen LogP contribution in [0.1, 0.15) is 20.8 Å². The lowest BCUT2D eigenvalue weighted by Gasteiger charge is -2.09. The Morgan fingerprint density at radius 1 is 0.938 bits per heavy atom. The molecule has 0 saturated carbocycles. The van der Waals surface area contributed by atoms with Crippen LogP contribution in [-0.2, 0) is 10.0 Å². The summed E-state index contributed by atoms with van der Waals surface area (Å²) >= 11 is 1.23. The van der Waals surface area contributed by atoms with Gasteiger partial charge in [0.1, 0.15) is 10.7 Å². The monoisotopic (exact) mass is 467 g/mol. The van der Waals surface area contributed by atoms with Crippen LogP contribution >= 0.6 is 11.3 Å². The van der Waals surface area contributed by atoms with E-state index in [9.17, 15) is 17.6 Å². The van der Waals surface area contributed by atoms with Crippen molar-refractivity contribution in [2.24, 2.45) is 0 Å². The van der Waals surface area contributed by atoms with Crippen molar-refractivity contribution >= 4 is 43.6 Å². The van der Waals surface area contributed by atoms with Gasteiger partial charge in [-0.3, -0.25) is 9.52 Å². The smallest absolute Gasteiger partial charge is 0.264 e. The van der Waals surface area contributed by atoms with Crippen LogP contribution in [0.15, 0.2) is 83.9 Å². The molecular weight excluding hydrogens is 449 g/mol. The number of aryl methyl sites for hydroxylation is 1. The minimum Gasteiger partial charge on any atom is -0.332 e. The van der Waals surface area contributed by atoms with Gasteiger partial charge in [0, 0.05) is 16.9 Å².